The van der Waals surface area contributed by atoms with Crippen molar-refractivity contribution in [1.29, 1.82) is 0 Å². The summed E-state index contributed by atoms with van der Waals surface area (Å²) in [5.74, 6) is 0.871. The minimum Gasteiger partial charge on any atom is -0.342 e. The zero-order chi connectivity index (χ0) is 17.1. The van der Waals surface area contributed by atoms with Crippen LogP contribution in [0.25, 0.3) is 10.8 Å². The van der Waals surface area contributed by atoms with Crippen LogP contribution < -0.4 is 5.32 Å². The van der Waals surface area contributed by atoms with Crippen LogP contribution in [0, 0.1) is 11.8 Å². The lowest BCUT2D eigenvalue weighted by atomic mass is 9.92. The van der Waals surface area contributed by atoms with Gasteiger partial charge in [0.2, 0.25) is 5.91 Å². The molecule has 1 N–H and O–H groups in total. The highest BCUT2D eigenvalue weighted by Crippen LogP contribution is 2.20. The van der Waals surface area contributed by atoms with Gasteiger partial charge in [-0.05, 0) is 34.7 Å². The van der Waals surface area contributed by atoms with Crippen molar-refractivity contribution in [1.82, 2.24) is 10.2 Å². The molecule has 0 saturated carbocycles. The highest BCUT2D eigenvalue weighted by Gasteiger charge is 2.29. The average molecular weight is 324 g/mol. The second-order valence-corrected chi connectivity index (χ2v) is 7.37. The minimum atomic E-state index is 0.0966. The maximum Gasteiger partial charge on any atom is 0.225 e. The van der Waals surface area contributed by atoms with Crippen molar-refractivity contribution in [2.45, 2.75) is 39.8 Å². The van der Waals surface area contributed by atoms with Crippen molar-refractivity contribution in [3.8, 4) is 0 Å². The quantitative estimate of drug-likeness (QED) is 0.927. The molecular weight excluding hydrogens is 296 g/mol. The van der Waals surface area contributed by atoms with Crippen LogP contribution in [0.15, 0.2) is 42.5 Å². The number of piperidine rings is 1. The zero-order valence-electron chi connectivity index (χ0n) is 15.0. The summed E-state index contributed by atoms with van der Waals surface area (Å²) in [7, 11) is 0. The van der Waals surface area contributed by atoms with Crippen LogP contribution >= 0.6 is 0 Å². The second kappa shape index (κ2) is 7.35. The van der Waals surface area contributed by atoms with E-state index in [1.807, 2.05) is 18.7 Å². The lowest BCUT2D eigenvalue weighted by molar-refractivity contribution is -0.136. The third kappa shape index (κ3) is 3.78. The van der Waals surface area contributed by atoms with E-state index in [-0.39, 0.29) is 11.8 Å². The largest absolute Gasteiger partial charge is 0.342 e. The Balaban J connectivity index is 1.57. The van der Waals surface area contributed by atoms with E-state index in [0.717, 1.165) is 26.1 Å². The maximum atomic E-state index is 12.2. The molecule has 0 spiro atoms. The number of carbonyl (C=O) groups is 1. The Morgan fingerprint density at radius 1 is 1.21 bits per heavy atom. The molecule has 1 aliphatic rings. The van der Waals surface area contributed by atoms with Crippen LogP contribution in [0.4, 0.5) is 0 Å². The molecule has 1 saturated heterocycles. The van der Waals surface area contributed by atoms with Gasteiger partial charge in [-0.1, -0.05) is 57.2 Å². The first-order chi connectivity index (χ1) is 11.5. The molecule has 1 heterocycles. The van der Waals surface area contributed by atoms with Crippen molar-refractivity contribution in [3.05, 3.63) is 48.0 Å². The zero-order valence-corrected chi connectivity index (χ0v) is 15.0. The van der Waals surface area contributed by atoms with Gasteiger partial charge < -0.3 is 10.2 Å². The number of hydrogen-bond acceptors (Lipinski definition) is 2. The third-order valence-electron chi connectivity index (χ3n) is 5.09. The monoisotopic (exact) mass is 324 g/mol. The van der Waals surface area contributed by atoms with Gasteiger partial charge in [-0.2, -0.15) is 0 Å². The first-order valence-electron chi connectivity index (χ1n) is 9.04. The molecule has 2 atom stereocenters. The molecule has 3 rings (SSSR count). The van der Waals surface area contributed by atoms with Crippen molar-refractivity contribution < 1.29 is 4.79 Å². The Hall–Kier alpha value is -1.87. The Kier molecular flexibility index (Phi) is 5.20. The van der Waals surface area contributed by atoms with Gasteiger partial charge in [0, 0.05) is 31.6 Å². The fourth-order valence-corrected chi connectivity index (χ4v) is 3.61. The van der Waals surface area contributed by atoms with Crippen molar-refractivity contribution in [2.75, 3.05) is 13.1 Å². The maximum absolute atomic E-state index is 12.2. The highest BCUT2D eigenvalue weighted by atomic mass is 16.2. The highest BCUT2D eigenvalue weighted by molar-refractivity contribution is 5.83. The van der Waals surface area contributed by atoms with E-state index in [9.17, 15) is 4.79 Å². The van der Waals surface area contributed by atoms with Crippen molar-refractivity contribution >= 4 is 16.7 Å². The summed E-state index contributed by atoms with van der Waals surface area (Å²) in [5, 5.41) is 6.28. The number of rotatable bonds is 4. The topological polar surface area (TPSA) is 32.3 Å². The number of carbonyl (C=O) groups excluding carboxylic acids is 1. The molecular formula is C21H28N2O. The van der Waals surface area contributed by atoms with Crippen LogP contribution in [0.5, 0.6) is 0 Å². The standard InChI is InChI=1S/C21H28N2O/c1-15(2)21(24)23-11-10-20(16(3)14-23)22-13-17-8-9-18-6-4-5-7-19(18)12-17/h4-9,12,15-16,20,22H,10-11,13-14H2,1-3H3/t16-,20+/m1/s1. The number of benzene rings is 2. The molecule has 2 aromatic rings. The summed E-state index contributed by atoms with van der Waals surface area (Å²) in [4.78, 5) is 14.2. The number of amides is 1. The van der Waals surface area contributed by atoms with Crippen molar-refractivity contribution in [3.63, 3.8) is 0 Å². The van der Waals surface area contributed by atoms with Crippen LogP contribution in [-0.4, -0.2) is 29.9 Å². The van der Waals surface area contributed by atoms with E-state index in [4.69, 9.17) is 0 Å². The van der Waals surface area contributed by atoms with E-state index in [0.29, 0.717) is 12.0 Å². The molecule has 0 bridgehead atoms. The lowest BCUT2D eigenvalue weighted by Gasteiger charge is -2.38. The summed E-state index contributed by atoms with van der Waals surface area (Å²) in [6.07, 6.45) is 1.03. The molecule has 0 aliphatic carbocycles. The molecule has 24 heavy (non-hydrogen) atoms. The molecule has 1 amide bonds. The normalized spacial score (nSPS) is 21.4. The van der Waals surface area contributed by atoms with Gasteiger partial charge in [0.1, 0.15) is 0 Å². The van der Waals surface area contributed by atoms with Crippen LogP contribution in [0.3, 0.4) is 0 Å². The summed E-state index contributed by atoms with van der Waals surface area (Å²) < 4.78 is 0. The number of nitrogens with zero attached hydrogens (tertiary/aromatic N) is 1. The summed E-state index contributed by atoms with van der Waals surface area (Å²) in [5.41, 5.74) is 1.32. The van der Waals surface area contributed by atoms with Crippen LogP contribution in [0.2, 0.25) is 0 Å². The first kappa shape index (κ1) is 17.0. The van der Waals surface area contributed by atoms with Gasteiger partial charge in [-0.25, -0.2) is 0 Å². The number of likely N-dealkylation sites (tertiary alicyclic amines) is 1. The minimum absolute atomic E-state index is 0.0966. The van der Waals surface area contributed by atoms with E-state index in [1.54, 1.807) is 0 Å². The fraction of sp³-hybridized carbons (Fsp3) is 0.476. The van der Waals surface area contributed by atoms with Gasteiger partial charge in [0.25, 0.3) is 0 Å². The van der Waals surface area contributed by atoms with E-state index in [1.165, 1.54) is 16.3 Å². The SMILES string of the molecule is CC(C)C(=O)N1CC[C@H](NCc2ccc3ccccc3c2)[C@H](C)C1. The lowest BCUT2D eigenvalue weighted by Crippen LogP contribution is -2.50. The van der Waals surface area contributed by atoms with Gasteiger partial charge >= 0.3 is 0 Å². The Bertz CT molecular complexity index is 710. The van der Waals surface area contributed by atoms with Crippen LogP contribution in [-0.2, 0) is 11.3 Å². The summed E-state index contributed by atoms with van der Waals surface area (Å²) in [6.45, 7) is 8.84. The molecule has 0 aromatic heterocycles. The number of fused-ring (bicyclic) bond motifs is 1. The summed E-state index contributed by atoms with van der Waals surface area (Å²) >= 11 is 0. The smallest absolute Gasteiger partial charge is 0.225 e. The first-order valence-corrected chi connectivity index (χ1v) is 9.04. The van der Waals surface area contributed by atoms with Gasteiger partial charge in [0.05, 0.1) is 0 Å². The predicted octanol–water partition coefficient (Wildman–Crippen LogP) is 3.82. The number of hydrogen-bond donors (Lipinski definition) is 1. The molecule has 0 radical (unpaired) electrons. The molecule has 128 valence electrons. The predicted molar refractivity (Wildman–Crippen MR) is 99.8 cm³/mol. The molecule has 1 aliphatic heterocycles. The molecule has 0 unspecified atom stereocenters. The Morgan fingerprint density at radius 2 is 1.96 bits per heavy atom. The number of nitrogens with one attached hydrogen (secondary N) is 1. The van der Waals surface area contributed by atoms with Gasteiger partial charge in [-0.15, -0.1) is 0 Å². The van der Waals surface area contributed by atoms with E-state index >= 15 is 0 Å². The molecule has 1 fully saturated rings. The van der Waals surface area contributed by atoms with E-state index in [2.05, 4.69) is 54.7 Å². The summed E-state index contributed by atoms with van der Waals surface area (Å²) in [6, 6.07) is 15.6. The third-order valence-corrected chi connectivity index (χ3v) is 5.09. The second-order valence-electron chi connectivity index (χ2n) is 7.37. The Morgan fingerprint density at radius 3 is 2.67 bits per heavy atom. The van der Waals surface area contributed by atoms with E-state index < -0.39 is 0 Å². The van der Waals surface area contributed by atoms with Crippen LogP contribution in [0.1, 0.15) is 32.8 Å². The van der Waals surface area contributed by atoms with Gasteiger partial charge in [0.15, 0.2) is 0 Å². The average Bonchev–Trinajstić information content (AvgIpc) is 2.59. The molecule has 3 heteroatoms. The fourth-order valence-electron chi connectivity index (χ4n) is 3.61. The van der Waals surface area contributed by atoms with Gasteiger partial charge in [-0.3, -0.25) is 4.79 Å². The molecule has 2 aromatic carbocycles. The Labute approximate surface area is 145 Å². The molecule has 3 nitrogen and oxygen atoms in total. The van der Waals surface area contributed by atoms with Crippen molar-refractivity contribution in [2.24, 2.45) is 11.8 Å².